The van der Waals surface area contributed by atoms with Crippen molar-refractivity contribution >= 4 is 23.6 Å². The Bertz CT molecular complexity index is 809. The number of benzene rings is 2. The molecule has 4 heteroatoms. The fourth-order valence-corrected chi connectivity index (χ4v) is 3.12. The molecule has 0 saturated carbocycles. The third-order valence-corrected chi connectivity index (χ3v) is 4.49. The predicted octanol–water partition coefficient (Wildman–Crippen LogP) is 4.15. The number of carbonyl (C=O) groups is 2. The Balaban J connectivity index is 1.77. The van der Waals surface area contributed by atoms with Gasteiger partial charge in [0.25, 0.3) is 0 Å². The van der Waals surface area contributed by atoms with Crippen molar-refractivity contribution < 1.29 is 9.59 Å². The molecule has 25 heavy (non-hydrogen) atoms. The van der Waals surface area contributed by atoms with E-state index in [0.29, 0.717) is 0 Å². The maximum absolute atomic E-state index is 12.5. The van der Waals surface area contributed by atoms with Gasteiger partial charge in [-0.25, -0.2) is 0 Å². The molecule has 0 bridgehead atoms. The lowest BCUT2D eigenvalue weighted by molar-refractivity contribution is -0.129. The molecule has 2 aromatic carbocycles. The van der Waals surface area contributed by atoms with Gasteiger partial charge in [0.1, 0.15) is 0 Å². The minimum absolute atomic E-state index is 0.0733. The second-order valence-electron chi connectivity index (χ2n) is 6.19. The molecular weight excluding hydrogens is 312 g/mol. The molecule has 128 valence electrons. The minimum atomic E-state index is -0.284. The molecule has 0 fully saturated rings. The first-order chi connectivity index (χ1) is 12.1. The van der Waals surface area contributed by atoms with Crippen molar-refractivity contribution in [3.8, 4) is 0 Å². The second kappa shape index (κ2) is 7.34. The number of nitrogens with zero attached hydrogens (tertiary/aromatic N) is 1. The quantitative estimate of drug-likeness (QED) is 0.913. The second-order valence-corrected chi connectivity index (χ2v) is 6.19. The maximum atomic E-state index is 12.5. The van der Waals surface area contributed by atoms with Crippen LogP contribution in [0.2, 0.25) is 0 Å². The summed E-state index contributed by atoms with van der Waals surface area (Å²) in [4.78, 5) is 26.1. The van der Waals surface area contributed by atoms with Crippen molar-refractivity contribution in [2.45, 2.75) is 32.7 Å². The molecule has 3 rings (SSSR count). The lowest BCUT2D eigenvalue weighted by Gasteiger charge is -2.32. The normalized spacial score (nSPS) is 15.6. The van der Waals surface area contributed by atoms with Crippen LogP contribution in [0.5, 0.6) is 0 Å². The lowest BCUT2D eigenvalue weighted by Crippen LogP contribution is -2.33. The Hall–Kier alpha value is -2.88. The van der Waals surface area contributed by atoms with Gasteiger partial charge in [0, 0.05) is 18.8 Å². The van der Waals surface area contributed by atoms with Gasteiger partial charge in [-0.1, -0.05) is 43.3 Å². The number of anilines is 1. The average molecular weight is 334 g/mol. The molecular formula is C21H22N2O2. The summed E-state index contributed by atoms with van der Waals surface area (Å²) < 4.78 is 0. The molecule has 2 aromatic rings. The van der Waals surface area contributed by atoms with Gasteiger partial charge in [-0.15, -0.1) is 0 Å². The van der Waals surface area contributed by atoms with Gasteiger partial charge in [0.05, 0.1) is 12.5 Å². The van der Waals surface area contributed by atoms with Crippen molar-refractivity contribution in [3.05, 3.63) is 71.4 Å². The van der Waals surface area contributed by atoms with E-state index in [1.54, 1.807) is 11.1 Å². The molecule has 0 saturated heterocycles. The predicted molar refractivity (Wildman–Crippen MR) is 99.8 cm³/mol. The lowest BCUT2D eigenvalue weighted by atomic mass is 9.93. The number of carbonyl (C=O) groups excluding carboxylic acids is 2. The van der Waals surface area contributed by atoms with E-state index in [2.05, 4.69) is 12.2 Å². The highest BCUT2D eigenvalue weighted by molar-refractivity contribution is 5.92. The summed E-state index contributed by atoms with van der Waals surface area (Å²) >= 11 is 0. The zero-order valence-corrected chi connectivity index (χ0v) is 14.5. The molecule has 1 unspecified atom stereocenters. The van der Waals surface area contributed by atoms with Gasteiger partial charge in [-0.3, -0.25) is 9.59 Å². The van der Waals surface area contributed by atoms with E-state index in [1.807, 2.05) is 54.6 Å². The van der Waals surface area contributed by atoms with E-state index < -0.39 is 0 Å². The van der Waals surface area contributed by atoms with Gasteiger partial charge < -0.3 is 10.2 Å². The van der Waals surface area contributed by atoms with Crippen molar-refractivity contribution in [1.29, 1.82) is 0 Å². The van der Waals surface area contributed by atoms with Crippen molar-refractivity contribution in [2.24, 2.45) is 0 Å². The number of hydrogen-bond donors (Lipinski definition) is 1. The zero-order valence-electron chi connectivity index (χ0n) is 14.5. The standard InChI is InChI=1S/C21H22N2O2/c1-3-16-8-10-18(11-9-16)22-21(25)14-20-19-7-5-4-6-17(19)12-13-23(20)15(2)24/h4-13,20H,3,14H2,1-2H3,(H,22,25). The molecule has 1 aliphatic heterocycles. The van der Waals surface area contributed by atoms with Crippen LogP contribution < -0.4 is 5.32 Å². The summed E-state index contributed by atoms with van der Waals surface area (Å²) in [5.74, 6) is -0.179. The fourth-order valence-electron chi connectivity index (χ4n) is 3.12. The van der Waals surface area contributed by atoms with Crippen molar-refractivity contribution in [1.82, 2.24) is 4.90 Å². The van der Waals surface area contributed by atoms with E-state index in [4.69, 9.17) is 0 Å². The fraction of sp³-hybridized carbons (Fsp3) is 0.238. The third kappa shape index (κ3) is 3.79. The van der Waals surface area contributed by atoms with Crippen molar-refractivity contribution in [2.75, 3.05) is 5.32 Å². The summed E-state index contributed by atoms with van der Waals surface area (Å²) in [6.07, 6.45) is 4.86. The van der Waals surface area contributed by atoms with Gasteiger partial charge in [0.2, 0.25) is 11.8 Å². The molecule has 2 amide bonds. The number of hydrogen-bond acceptors (Lipinski definition) is 2. The Kier molecular flexibility index (Phi) is 4.98. The van der Waals surface area contributed by atoms with E-state index in [-0.39, 0.29) is 24.3 Å². The Morgan fingerprint density at radius 1 is 1.08 bits per heavy atom. The van der Waals surface area contributed by atoms with Crippen LogP contribution in [0.1, 0.15) is 43.0 Å². The number of fused-ring (bicyclic) bond motifs is 1. The summed E-state index contributed by atoms with van der Waals surface area (Å²) in [5, 5.41) is 2.93. The molecule has 1 aliphatic rings. The van der Waals surface area contributed by atoms with Gasteiger partial charge >= 0.3 is 0 Å². The van der Waals surface area contributed by atoms with E-state index in [1.165, 1.54) is 12.5 Å². The van der Waals surface area contributed by atoms with Crippen LogP contribution in [0.4, 0.5) is 5.69 Å². The van der Waals surface area contributed by atoms with Crippen molar-refractivity contribution in [3.63, 3.8) is 0 Å². The molecule has 0 radical (unpaired) electrons. The van der Waals surface area contributed by atoms with Crippen LogP contribution in [-0.2, 0) is 16.0 Å². The molecule has 0 spiro atoms. The van der Waals surface area contributed by atoms with Crippen LogP contribution >= 0.6 is 0 Å². The number of amides is 2. The Morgan fingerprint density at radius 2 is 1.80 bits per heavy atom. The largest absolute Gasteiger partial charge is 0.326 e. The molecule has 0 aromatic heterocycles. The Morgan fingerprint density at radius 3 is 2.48 bits per heavy atom. The first-order valence-corrected chi connectivity index (χ1v) is 8.53. The maximum Gasteiger partial charge on any atom is 0.226 e. The van der Waals surface area contributed by atoms with E-state index in [9.17, 15) is 9.59 Å². The molecule has 1 atom stereocenters. The van der Waals surface area contributed by atoms with Gasteiger partial charge in [0.15, 0.2) is 0 Å². The first-order valence-electron chi connectivity index (χ1n) is 8.53. The summed E-state index contributed by atoms with van der Waals surface area (Å²) in [6.45, 7) is 3.62. The van der Waals surface area contributed by atoms with Crippen LogP contribution in [-0.4, -0.2) is 16.7 Å². The molecule has 1 N–H and O–H groups in total. The minimum Gasteiger partial charge on any atom is -0.326 e. The highest BCUT2D eigenvalue weighted by Gasteiger charge is 2.28. The SMILES string of the molecule is CCc1ccc(NC(=O)CC2c3ccccc3C=CN2C(C)=O)cc1. The number of aryl methyl sites for hydroxylation is 1. The summed E-state index contributed by atoms with van der Waals surface area (Å²) in [5.41, 5.74) is 4.05. The van der Waals surface area contributed by atoms with Crippen LogP contribution in [0, 0.1) is 0 Å². The summed E-state index contributed by atoms with van der Waals surface area (Å²) in [6, 6.07) is 15.4. The topological polar surface area (TPSA) is 49.4 Å². The number of rotatable bonds is 4. The molecule has 4 nitrogen and oxygen atoms in total. The van der Waals surface area contributed by atoms with Gasteiger partial charge in [-0.2, -0.15) is 0 Å². The summed E-state index contributed by atoms with van der Waals surface area (Å²) in [7, 11) is 0. The molecule has 0 aliphatic carbocycles. The highest BCUT2D eigenvalue weighted by atomic mass is 16.2. The van der Waals surface area contributed by atoms with E-state index in [0.717, 1.165) is 23.2 Å². The van der Waals surface area contributed by atoms with E-state index >= 15 is 0 Å². The third-order valence-electron chi connectivity index (χ3n) is 4.49. The smallest absolute Gasteiger partial charge is 0.226 e. The highest BCUT2D eigenvalue weighted by Crippen LogP contribution is 2.33. The Labute approximate surface area is 148 Å². The van der Waals surface area contributed by atoms with Crippen LogP contribution in [0.3, 0.4) is 0 Å². The average Bonchev–Trinajstić information content (AvgIpc) is 2.62. The monoisotopic (exact) mass is 334 g/mol. The zero-order chi connectivity index (χ0) is 17.8. The van der Waals surface area contributed by atoms with Crippen LogP contribution in [0.15, 0.2) is 54.7 Å². The molecule has 1 heterocycles. The number of nitrogens with one attached hydrogen (secondary N) is 1. The van der Waals surface area contributed by atoms with Gasteiger partial charge in [-0.05, 0) is 41.3 Å². The first kappa shape index (κ1) is 17.0. The van der Waals surface area contributed by atoms with Crippen LogP contribution in [0.25, 0.3) is 6.08 Å².